The van der Waals surface area contributed by atoms with Crippen LogP contribution in [0.5, 0.6) is 5.88 Å². The highest BCUT2D eigenvalue weighted by Crippen LogP contribution is 2.27. The van der Waals surface area contributed by atoms with Crippen molar-refractivity contribution in [2.24, 2.45) is 5.10 Å². The van der Waals surface area contributed by atoms with E-state index in [1.165, 1.54) is 17.4 Å². The van der Waals surface area contributed by atoms with Gasteiger partial charge in [0.05, 0.1) is 18.1 Å². The van der Waals surface area contributed by atoms with Crippen LogP contribution in [0.15, 0.2) is 48.0 Å². The summed E-state index contributed by atoms with van der Waals surface area (Å²) in [5.74, 6) is 0.224. The number of ether oxygens (including phenoxy) is 1. The third-order valence-corrected chi connectivity index (χ3v) is 4.22. The smallest absolute Gasteiger partial charge is 0.243 e. The predicted octanol–water partition coefficient (Wildman–Crippen LogP) is 2.73. The first kappa shape index (κ1) is 19.2. The zero-order valence-electron chi connectivity index (χ0n) is 15.6. The minimum absolute atomic E-state index is 0.0829. The Morgan fingerprint density at radius 3 is 2.82 bits per heavy atom. The molecule has 8 nitrogen and oxygen atoms in total. The number of rotatable bonds is 7. The summed E-state index contributed by atoms with van der Waals surface area (Å²) in [6.45, 7) is 6.14. The normalized spacial score (nSPS) is 15.3. The van der Waals surface area contributed by atoms with Crippen LogP contribution in [-0.2, 0) is 4.79 Å². The van der Waals surface area contributed by atoms with Gasteiger partial charge in [0.1, 0.15) is 18.7 Å². The van der Waals surface area contributed by atoms with Crippen LogP contribution >= 0.6 is 0 Å². The number of hydrogen-bond acceptors (Lipinski definition) is 7. The lowest BCUT2D eigenvalue weighted by Crippen LogP contribution is -2.27. The molecule has 0 N–H and O–H groups in total. The molecule has 0 bridgehead atoms. The standard InChI is InChI=1S/C20H20N6O2/c1-14-3-5-17(23-10-14)18-7-8-25-26(18)20(27)6-4-15(2)13-28-19-12-22-16(9-21)11-24-19/h3,5,8,10-12,18H,2,4,6-7,13H2,1H3. The van der Waals surface area contributed by atoms with Gasteiger partial charge >= 0.3 is 0 Å². The molecule has 142 valence electrons. The van der Waals surface area contributed by atoms with Crippen LogP contribution < -0.4 is 4.74 Å². The predicted molar refractivity (Wildman–Crippen MR) is 102 cm³/mol. The Labute approximate surface area is 163 Å². The lowest BCUT2D eigenvalue weighted by Gasteiger charge is -2.21. The number of nitriles is 1. The number of carbonyl (C=O) groups is 1. The molecule has 0 saturated heterocycles. The molecule has 3 heterocycles. The Kier molecular flexibility index (Phi) is 6.07. The maximum absolute atomic E-state index is 12.6. The Hall–Kier alpha value is -3.60. The van der Waals surface area contributed by atoms with Crippen molar-refractivity contribution in [3.63, 3.8) is 0 Å². The highest BCUT2D eigenvalue weighted by molar-refractivity contribution is 5.79. The summed E-state index contributed by atoms with van der Waals surface area (Å²) >= 11 is 0. The summed E-state index contributed by atoms with van der Waals surface area (Å²) in [5, 5.41) is 14.4. The lowest BCUT2D eigenvalue weighted by atomic mass is 10.1. The van der Waals surface area contributed by atoms with Crippen molar-refractivity contribution >= 4 is 12.1 Å². The molecule has 0 radical (unpaired) electrons. The first-order valence-electron chi connectivity index (χ1n) is 8.85. The SMILES string of the molecule is C=C(CCC(=O)N1N=CCC1c1ccc(C)cn1)COc1cnc(C#N)cn1. The van der Waals surface area contributed by atoms with Crippen LogP contribution in [0, 0.1) is 18.3 Å². The highest BCUT2D eigenvalue weighted by Gasteiger charge is 2.28. The number of aryl methyl sites for hydroxylation is 1. The fourth-order valence-electron chi connectivity index (χ4n) is 2.67. The van der Waals surface area contributed by atoms with Gasteiger partial charge in [0.2, 0.25) is 11.8 Å². The number of aromatic nitrogens is 3. The zero-order valence-corrected chi connectivity index (χ0v) is 15.6. The van der Waals surface area contributed by atoms with Gasteiger partial charge in [0, 0.05) is 25.3 Å². The van der Waals surface area contributed by atoms with Gasteiger partial charge in [-0.15, -0.1) is 0 Å². The van der Waals surface area contributed by atoms with Gasteiger partial charge in [-0.2, -0.15) is 10.4 Å². The van der Waals surface area contributed by atoms with Crippen LogP contribution in [0.25, 0.3) is 0 Å². The molecule has 1 aliphatic heterocycles. The number of carbonyl (C=O) groups excluding carboxylic acids is 1. The molecule has 0 saturated carbocycles. The van der Waals surface area contributed by atoms with E-state index in [4.69, 9.17) is 10.00 Å². The van der Waals surface area contributed by atoms with Crippen molar-refractivity contribution in [1.82, 2.24) is 20.0 Å². The molecular formula is C20H20N6O2. The number of hydrogen-bond donors (Lipinski definition) is 0. The van der Waals surface area contributed by atoms with Gasteiger partial charge in [0.25, 0.3) is 0 Å². The average Bonchev–Trinajstić information content (AvgIpc) is 3.21. The summed E-state index contributed by atoms with van der Waals surface area (Å²) < 4.78 is 5.48. The molecule has 1 atom stereocenters. The Bertz CT molecular complexity index is 915. The number of hydrazone groups is 1. The van der Waals surface area contributed by atoms with Gasteiger partial charge in [-0.05, 0) is 30.5 Å². The third kappa shape index (κ3) is 4.76. The van der Waals surface area contributed by atoms with E-state index in [0.717, 1.165) is 16.8 Å². The molecule has 2 aromatic rings. The van der Waals surface area contributed by atoms with Crippen molar-refractivity contribution in [1.29, 1.82) is 5.26 Å². The molecule has 3 rings (SSSR count). The second-order valence-corrected chi connectivity index (χ2v) is 6.44. The summed E-state index contributed by atoms with van der Waals surface area (Å²) in [7, 11) is 0. The van der Waals surface area contributed by atoms with Crippen molar-refractivity contribution in [2.75, 3.05) is 6.61 Å². The Balaban J connectivity index is 1.48. The molecule has 1 amide bonds. The van der Waals surface area contributed by atoms with Crippen LogP contribution in [0.3, 0.4) is 0 Å². The summed E-state index contributed by atoms with van der Waals surface area (Å²) in [6, 6.07) is 5.64. The maximum atomic E-state index is 12.6. The molecular weight excluding hydrogens is 356 g/mol. The first-order chi connectivity index (χ1) is 13.6. The molecule has 2 aromatic heterocycles. The minimum Gasteiger partial charge on any atom is -0.472 e. The summed E-state index contributed by atoms with van der Waals surface area (Å²) in [5.41, 5.74) is 2.88. The summed E-state index contributed by atoms with van der Waals surface area (Å²) in [4.78, 5) is 24.9. The molecule has 0 aromatic carbocycles. The lowest BCUT2D eigenvalue weighted by molar-refractivity contribution is -0.133. The van der Waals surface area contributed by atoms with Gasteiger partial charge in [-0.1, -0.05) is 12.6 Å². The second kappa shape index (κ2) is 8.86. The molecule has 0 aliphatic carbocycles. The largest absolute Gasteiger partial charge is 0.472 e. The van der Waals surface area contributed by atoms with E-state index >= 15 is 0 Å². The van der Waals surface area contributed by atoms with Crippen LogP contribution in [-0.4, -0.2) is 38.7 Å². The topological polar surface area (TPSA) is 104 Å². The third-order valence-electron chi connectivity index (χ3n) is 4.22. The molecule has 0 spiro atoms. The zero-order chi connectivity index (χ0) is 19.9. The van der Waals surface area contributed by atoms with Crippen molar-refractivity contribution < 1.29 is 9.53 Å². The Morgan fingerprint density at radius 1 is 1.29 bits per heavy atom. The van der Waals surface area contributed by atoms with Gasteiger partial charge in [0.15, 0.2) is 5.69 Å². The monoisotopic (exact) mass is 376 g/mol. The van der Waals surface area contributed by atoms with E-state index in [1.807, 2.05) is 25.1 Å². The van der Waals surface area contributed by atoms with Crippen LogP contribution in [0.2, 0.25) is 0 Å². The number of amides is 1. The van der Waals surface area contributed by atoms with Gasteiger partial charge < -0.3 is 4.74 Å². The number of pyridine rings is 1. The van der Waals surface area contributed by atoms with Crippen molar-refractivity contribution in [3.05, 3.63) is 59.8 Å². The van der Waals surface area contributed by atoms with Crippen LogP contribution in [0.1, 0.15) is 42.3 Å². The van der Waals surface area contributed by atoms with E-state index in [1.54, 1.807) is 12.4 Å². The molecule has 8 heteroatoms. The number of nitrogens with zero attached hydrogens (tertiary/aromatic N) is 6. The molecule has 0 fully saturated rings. The first-order valence-corrected chi connectivity index (χ1v) is 8.85. The van der Waals surface area contributed by atoms with E-state index in [9.17, 15) is 4.79 Å². The second-order valence-electron chi connectivity index (χ2n) is 6.44. The van der Waals surface area contributed by atoms with Crippen molar-refractivity contribution in [3.8, 4) is 11.9 Å². The van der Waals surface area contributed by atoms with E-state index < -0.39 is 0 Å². The minimum atomic E-state index is -0.161. The molecule has 1 unspecified atom stereocenters. The highest BCUT2D eigenvalue weighted by atomic mass is 16.5. The molecule has 28 heavy (non-hydrogen) atoms. The van der Waals surface area contributed by atoms with E-state index in [2.05, 4.69) is 26.6 Å². The fraction of sp³-hybridized carbons (Fsp3) is 0.300. The summed E-state index contributed by atoms with van der Waals surface area (Å²) in [6.07, 6.45) is 7.67. The van der Waals surface area contributed by atoms with Crippen LogP contribution in [0.4, 0.5) is 0 Å². The average molecular weight is 376 g/mol. The molecule has 1 aliphatic rings. The quantitative estimate of drug-likeness (QED) is 0.688. The Morgan fingerprint density at radius 2 is 2.14 bits per heavy atom. The van der Waals surface area contributed by atoms with Gasteiger partial charge in [-0.25, -0.2) is 15.0 Å². The van der Waals surface area contributed by atoms with E-state index in [-0.39, 0.29) is 30.7 Å². The van der Waals surface area contributed by atoms with Gasteiger partial charge in [-0.3, -0.25) is 9.78 Å². The van der Waals surface area contributed by atoms with Crippen molar-refractivity contribution in [2.45, 2.75) is 32.2 Å². The maximum Gasteiger partial charge on any atom is 0.243 e. The van der Waals surface area contributed by atoms with E-state index in [0.29, 0.717) is 18.7 Å². The fourth-order valence-corrected chi connectivity index (χ4v) is 2.67.